The Labute approximate surface area is 96.2 Å². The van der Waals surface area contributed by atoms with Crippen LogP contribution in [0.25, 0.3) is 0 Å². The second kappa shape index (κ2) is 6.02. The molecule has 1 unspecified atom stereocenters. The van der Waals surface area contributed by atoms with Crippen LogP contribution in [0.4, 0.5) is 0 Å². The van der Waals surface area contributed by atoms with Gasteiger partial charge >= 0.3 is 9.28 Å². The zero-order valence-electron chi connectivity index (χ0n) is 10.7. The third-order valence-electron chi connectivity index (χ3n) is 3.58. The van der Waals surface area contributed by atoms with Crippen LogP contribution in [0.1, 0.15) is 53.4 Å². The smallest absolute Gasteiger partial charge is 0.325 e. The fourth-order valence-electron chi connectivity index (χ4n) is 2.63. The Morgan fingerprint density at radius 2 is 1.73 bits per heavy atom. The topological polar surface area (TPSA) is 18.5 Å². The summed E-state index contributed by atoms with van der Waals surface area (Å²) >= 11 is 0. The van der Waals surface area contributed by atoms with Crippen molar-refractivity contribution in [2.45, 2.75) is 58.9 Å². The van der Waals surface area contributed by atoms with E-state index in [0.717, 1.165) is 13.2 Å². The zero-order chi connectivity index (χ0) is 11.3. The largest absolute Gasteiger partial charge is 0.397 e. The van der Waals surface area contributed by atoms with Gasteiger partial charge in [0.15, 0.2) is 0 Å². The van der Waals surface area contributed by atoms with Gasteiger partial charge in [-0.15, -0.1) is 0 Å². The van der Waals surface area contributed by atoms with Gasteiger partial charge in [-0.2, -0.15) is 0 Å². The van der Waals surface area contributed by atoms with Crippen molar-refractivity contribution in [3.05, 3.63) is 0 Å². The van der Waals surface area contributed by atoms with Crippen LogP contribution in [0, 0.1) is 5.41 Å². The number of hydrogen-bond acceptors (Lipinski definition) is 2. The van der Waals surface area contributed by atoms with Crippen molar-refractivity contribution in [3.8, 4) is 0 Å². The van der Waals surface area contributed by atoms with Crippen molar-refractivity contribution in [2.24, 2.45) is 5.41 Å². The third kappa shape index (κ3) is 3.57. The third-order valence-corrected chi connectivity index (χ3v) is 6.80. The number of rotatable bonds is 5. The van der Waals surface area contributed by atoms with Crippen molar-refractivity contribution in [1.29, 1.82) is 0 Å². The van der Waals surface area contributed by atoms with Crippen LogP contribution >= 0.6 is 0 Å². The molecule has 3 heteroatoms. The highest BCUT2D eigenvalue weighted by molar-refractivity contribution is 6.46. The Kier molecular flexibility index (Phi) is 5.30. The van der Waals surface area contributed by atoms with Crippen molar-refractivity contribution in [3.63, 3.8) is 0 Å². The van der Waals surface area contributed by atoms with Crippen LogP contribution in [0.3, 0.4) is 0 Å². The lowest BCUT2D eigenvalue weighted by molar-refractivity contribution is 0.150. The first kappa shape index (κ1) is 13.2. The molecule has 0 spiro atoms. The lowest BCUT2D eigenvalue weighted by atomic mass is 9.77. The van der Waals surface area contributed by atoms with E-state index < -0.39 is 9.28 Å². The average Bonchev–Trinajstić information content (AvgIpc) is 2.17. The first-order valence-corrected chi connectivity index (χ1v) is 7.96. The van der Waals surface area contributed by atoms with E-state index >= 15 is 0 Å². The lowest BCUT2D eigenvalue weighted by Gasteiger charge is -2.41. The Bertz CT molecular complexity index is 176. The molecule has 1 fully saturated rings. The van der Waals surface area contributed by atoms with Gasteiger partial charge in [0.2, 0.25) is 0 Å². The normalized spacial score (nSPS) is 25.8. The van der Waals surface area contributed by atoms with Crippen molar-refractivity contribution in [1.82, 2.24) is 0 Å². The molecule has 0 bridgehead atoms. The summed E-state index contributed by atoms with van der Waals surface area (Å²) < 4.78 is 11.7. The highest BCUT2D eigenvalue weighted by Crippen LogP contribution is 2.46. The summed E-state index contributed by atoms with van der Waals surface area (Å²) in [4.78, 5) is 0. The summed E-state index contributed by atoms with van der Waals surface area (Å²) in [6.45, 7) is 10.5. The molecule has 0 amide bonds. The Hall–Kier alpha value is 0.137. The minimum absolute atomic E-state index is 0.430. The molecule has 90 valence electrons. The van der Waals surface area contributed by atoms with E-state index in [2.05, 4.69) is 27.7 Å². The molecular formula is C12H26O2Si. The highest BCUT2D eigenvalue weighted by atomic mass is 28.3. The second-order valence-electron chi connectivity index (χ2n) is 5.12. The summed E-state index contributed by atoms with van der Waals surface area (Å²) in [7, 11) is -1.44. The molecule has 0 radical (unpaired) electrons. The van der Waals surface area contributed by atoms with Crippen LogP contribution in [0.5, 0.6) is 0 Å². The van der Waals surface area contributed by atoms with E-state index in [0.29, 0.717) is 11.0 Å². The van der Waals surface area contributed by atoms with Gasteiger partial charge in [-0.25, -0.2) is 0 Å². The Balaban J connectivity index is 2.62. The van der Waals surface area contributed by atoms with E-state index in [1.165, 1.54) is 25.7 Å². The van der Waals surface area contributed by atoms with Crippen LogP contribution in [-0.2, 0) is 8.85 Å². The molecule has 2 nitrogen and oxygen atoms in total. The summed E-state index contributed by atoms with van der Waals surface area (Å²) in [5.41, 5.74) is 1.13. The molecule has 0 aromatic rings. The first-order chi connectivity index (χ1) is 7.11. The van der Waals surface area contributed by atoms with Gasteiger partial charge in [-0.05, 0) is 32.1 Å². The maximum Gasteiger partial charge on any atom is 0.325 e. The van der Waals surface area contributed by atoms with E-state index in [1.54, 1.807) is 0 Å². The van der Waals surface area contributed by atoms with E-state index in [1.807, 2.05) is 0 Å². The SMILES string of the molecule is CCO[SiH](OCC)C1CCCCC1(C)C. The lowest BCUT2D eigenvalue weighted by Crippen LogP contribution is -2.39. The van der Waals surface area contributed by atoms with Crippen LogP contribution in [-0.4, -0.2) is 22.5 Å². The van der Waals surface area contributed by atoms with Crippen LogP contribution in [0.15, 0.2) is 0 Å². The van der Waals surface area contributed by atoms with Gasteiger partial charge in [-0.1, -0.05) is 26.7 Å². The highest BCUT2D eigenvalue weighted by Gasteiger charge is 2.40. The molecule has 15 heavy (non-hydrogen) atoms. The van der Waals surface area contributed by atoms with Gasteiger partial charge in [-0.3, -0.25) is 0 Å². The van der Waals surface area contributed by atoms with E-state index in [9.17, 15) is 0 Å². The molecule has 0 aromatic heterocycles. The number of hydrogen-bond donors (Lipinski definition) is 0. The summed E-state index contributed by atoms with van der Waals surface area (Å²) in [6, 6.07) is 0. The molecular weight excluding hydrogens is 204 g/mol. The van der Waals surface area contributed by atoms with Gasteiger partial charge in [0.1, 0.15) is 0 Å². The molecule has 0 saturated heterocycles. The molecule has 1 aliphatic carbocycles. The van der Waals surface area contributed by atoms with Crippen molar-refractivity contribution >= 4 is 9.28 Å². The molecule has 0 N–H and O–H groups in total. The van der Waals surface area contributed by atoms with Crippen molar-refractivity contribution < 1.29 is 8.85 Å². The van der Waals surface area contributed by atoms with Crippen LogP contribution < -0.4 is 0 Å². The predicted octanol–water partition coefficient (Wildman–Crippen LogP) is 3.25. The molecule has 1 saturated carbocycles. The first-order valence-electron chi connectivity index (χ1n) is 6.35. The maximum atomic E-state index is 5.87. The van der Waals surface area contributed by atoms with E-state index in [-0.39, 0.29) is 0 Å². The van der Waals surface area contributed by atoms with Gasteiger partial charge in [0.25, 0.3) is 0 Å². The maximum absolute atomic E-state index is 5.87. The van der Waals surface area contributed by atoms with Gasteiger partial charge in [0, 0.05) is 18.8 Å². The van der Waals surface area contributed by atoms with Gasteiger partial charge < -0.3 is 8.85 Å². The van der Waals surface area contributed by atoms with Gasteiger partial charge in [0.05, 0.1) is 0 Å². The molecule has 0 aliphatic heterocycles. The fraction of sp³-hybridized carbons (Fsp3) is 1.00. The summed E-state index contributed by atoms with van der Waals surface area (Å²) in [5.74, 6) is 0. The quantitative estimate of drug-likeness (QED) is 0.675. The zero-order valence-corrected chi connectivity index (χ0v) is 11.9. The molecule has 0 aromatic carbocycles. The molecule has 1 atom stereocenters. The Morgan fingerprint density at radius 1 is 1.13 bits per heavy atom. The average molecular weight is 230 g/mol. The fourth-order valence-corrected chi connectivity index (χ4v) is 5.26. The standard InChI is InChI=1S/C12H26O2Si/c1-5-13-15(14-6-2)11-9-7-8-10-12(11,3)4/h11,15H,5-10H2,1-4H3. The monoisotopic (exact) mass is 230 g/mol. The predicted molar refractivity (Wildman–Crippen MR) is 66.4 cm³/mol. The Morgan fingerprint density at radius 3 is 2.20 bits per heavy atom. The summed E-state index contributed by atoms with van der Waals surface area (Å²) in [5, 5.41) is 0. The molecule has 0 heterocycles. The molecule has 1 rings (SSSR count). The minimum atomic E-state index is -1.44. The molecule has 1 aliphatic rings. The van der Waals surface area contributed by atoms with Crippen molar-refractivity contribution in [2.75, 3.05) is 13.2 Å². The minimum Gasteiger partial charge on any atom is -0.397 e. The second-order valence-corrected chi connectivity index (χ2v) is 7.33. The van der Waals surface area contributed by atoms with E-state index in [4.69, 9.17) is 8.85 Å². The summed E-state index contributed by atoms with van der Waals surface area (Å²) in [6.07, 6.45) is 5.38. The van der Waals surface area contributed by atoms with Crippen LogP contribution in [0.2, 0.25) is 5.54 Å².